The third-order valence-electron chi connectivity index (χ3n) is 4.20. The lowest BCUT2D eigenvalue weighted by atomic mass is 9.99. The molecule has 0 saturated carbocycles. The van der Waals surface area contributed by atoms with Crippen LogP contribution in [0.15, 0.2) is 40.9 Å². The van der Waals surface area contributed by atoms with Crippen molar-refractivity contribution < 1.29 is 19.1 Å². The zero-order valence-electron chi connectivity index (χ0n) is 14.6. The average molecular weight is 344 g/mol. The molecule has 6 nitrogen and oxygen atoms in total. The molecule has 0 aliphatic heterocycles. The zero-order valence-corrected chi connectivity index (χ0v) is 14.6. The fourth-order valence-electron chi connectivity index (χ4n) is 2.49. The summed E-state index contributed by atoms with van der Waals surface area (Å²) in [5.74, 6) is -0.0989. The number of nitrogens with zero attached hydrogens (tertiary/aromatic N) is 1. The summed E-state index contributed by atoms with van der Waals surface area (Å²) in [6, 6.07) is 8.83. The summed E-state index contributed by atoms with van der Waals surface area (Å²) in [5, 5.41) is 11.8. The van der Waals surface area contributed by atoms with E-state index in [-0.39, 0.29) is 18.2 Å². The summed E-state index contributed by atoms with van der Waals surface area (Å²) < 4.78 is 5.69. The SMILES string of the molecule is CC[C@H](C)[C@H](NC(=O)CCCc1ncc(-c2ccccc2)o1)C(=O)O. The van der Waals surface area contributed by atoms with Gasteiger partial charge in [-0.3, -0.25) is 4.79 Å². The van der Waals surface area contributed by atoms with Crippen LogP contribution in [0, 0.1) is 5.92 Å². The Kier molecular flexibility index (Phi) is 6.74. The molecular formula is C19H24N2O4. The number of amides is 1. The number of carboxylic acid groups (broad SMARTS) is 1. The van der Waals surface area contributed by atoms with Crippen molar-refractivity contribution in [2.45, 2.75) is 45.6 Å². The van der Waals surface area contributed by atoms with Crippen LogP contribution in [0.2, 0.25) is 0 Å². The molecule has 1 aromatic carbocycles. The molecule has 0 radical (unpaired) electrons. The number of carbonyl (C=O) groups excluding carboxylic acids is 1. The van der Waals surface area contributed by atoms with E-state index in [1.807, 2.05) is 44.2 Å². The largest absolute Gasteiger partial charge is 0.480 e. The lowest BCUT2D eigenvalue weighted by molar-refractivity contribution is -0.143. The topological polar surface area (TPSA) is 92.4 Å². The Morgan fingerprint density at radius 2 is 2.00 bits per heavy atom. The summed E-state index contributed by atoms with van der Waals surface area (Å²) in [6.07, 6.45) is 3.68. The molecule has 1 amide bonds. The molecule has 2 atom stereocenters. The lowest BCUT2D eigenvalue weighted by Gasteiger charge is -2.20. The summed E-state index contributed by atoms with van der Waals surface area (Å²) in [4.78, 5) is 27.4. The van der Waals surface area contributed by atoms with Crippen LogP contribution in [0.3, 0.4) is 0 Å². The highest BCUT2D eigenvalue weighted by Crippen LogP contribution is 2.20. The monoisotopic (exact) mass is 344 g/mol. The Balaban J connectivity index is 1.81. The molecule has 2 N–H and O–H groups in total. The predicted octanol–water partition coefficient (Wildman–Crippen LogP) is 3.28. The molecule has 25 heavy (non-hydrogen) atoms. The maximum Gasteiger partial charge on any atom is 0.326 e. The number of aliphatic carboxylic acids is 1. The van der Waals surface area contributed by atoms with E-state index in [0.717, 1.165) is 5.56 Å². The molecule has 2 aromatic rings. The van der Waals surface area contributed by atoms with Gasteiger partial charge in [0.2, 0.25) is 5.91 Å². The van der Waals surface area contributed by atoms with E-state index < -0.39 is 12.0 Å². The standard InChI is InChI=1S/C19H24N2O4/c1-3-13(2)18(19(23)24)21-16(22)10-7-11-17-20-12-15(25-17)14-8-5-4-6-9-14/h4-6,8-9,12-13,18H,3,7,10-11H2,1-2H3,(H,21,22)(H,23,24)/t13-,18-/m0/s1. The van der Waals surface area contributed by atoms with Crippen LogP contribution >= 0.6 is 0 Å². The first-order valence-electron chi connectivity index (χ1n) is 8.53. The number of carboxylic acids is 1. The van der Waals surface area contributed by atoms with Gasteiger partial charge in [-0.15, -0.1) is 0 Å². The fourth-order valence-corrected chi connectivity index (χ4v) is 2.49. The van der Waals surface area contributed by atoms with Gasteiger partial charge in [-0.25, -0.2) is 9.78 Å². The quantitative estimate of drug-likeness (QED) is 0.728. The highest BCUT2D eigenvalue weighted by Gasteiger charge is 2.24. The Morgan fingerprint density at radius 1 is 1.28 bits per heavy atom. The normalized spacial score (nSPS) is 13.2. The van der Waals surface area contributed by atoms with Crippen molar-refractivity contribution >= 4 is 11.9 Å². The molecule has 2 rings (SSSR count). The van der Waals surface area contributed by atoms with Crippen molar-refractivity contribution in [1.82, 2.24) is 10.3 Å². The minimum absolute atomic E-state index is 0.110. The van der Waals surface area contributed by atoms with Crippen LogP contribution in [-0.4, -0.2) is 28.0 Å². The fraction of sp³-hybridized carbons (Fsp3) is 0.421. The van der Waals surface area contributed by atoms with Crippen molar-refractivity contribution in [2.24, 2.45) is 5.92 Å². The number of aryl methyl sites for hydroxylation is 1. The summed E-state index contributed by atoms with van der Waals surface area (Å²) >= 11 is 0. The average Bonchev–Trinajstić information content (AvgIpc) is 3.08. The van der Waals surface area contributed by atoms with Gasteiger partial charge in [-0.1, -0.05) is 50.6 Å². The summed E-state index contributed by atoms with van der Waals surface area (Å²) in [7, 11) is 0. The number of hydrogen-bond acceptors (Lipinski definition) is 4. The van der Waals surface area contributed by atoms with Gasteiger partial charge >= 0.3 is 5.97 Å². The van der Waals surface area contributed by atoms with Crippen LogP contribution < -0.4 is 5.32 Å². The van der Waals surface area contributed by atoms with Crippen LogP contribution in [0.5, 0.6) is 0 Å². The minimum Gasteiger partial charge on any atom is -0.480 e. The van der Waals surface area contributed by atoms with E-state index in [4.69, 9.17) is 4.42 Å². The summed E-state index contributed by atoms with van der Waals surface area (Å²) in [6.45, 7) is 3.72. The van der Waals surface area contributed by atoms with Gasteiger partial charge in [0.25, 0.3) is 0 Å². The second kappa shape index (κ2) is 9.01. The minimum atomic E-state index is -0.997. The van der Waals surface area contributed by atoms with Gasteiger partial charge in [-0.2, -0.15) is 0 Å². The van der Waals surface area contributed by atoms with E-state index in [1.165, 1.54) is 0 Å². The number of oxazole rings is 1. The van der Waals surface area contributed by atoms with Crippen molar-refractivity contribution in [3.05, 3.63) is 42.4 Å². The van der Waals surface area contributed by atoms with Crippen molar-refractivity contribution in [1.29, 1.82) is 0 Å². The molecule has 0 aliphatic rings. The second-order valence-corrected chi connectivity index (χ2v) is 6.11. The highest BCUT2D eigenvalue weighted by molar-refractivity contribution is 5.83. The van der Waals surface area contributed by atoms with E-state index in [2.05, 4.69) is 10.3 Å². The van der Waals surface area contributed by atoms with Crippen LogP contribution in [0.1, 0.15) is 39.0 Å². The number of benzene rings is 1. The smallest absolute Gasteiger partial charge is 0.326 e. The molecule has 0 bridgehead atoms. The summed E-state index contributed by atoms with van der Waals surface area (Å²) in [5.41, 5.74) is 0.955. The van der Waals surface area contributed by atoms with Gasteiger partial charge < -0.3 is 14.8 Å². The number of carbonyl (C=O) groups is 2. The van der Waals surface area contributed by atoms with Gasteiger partial charge in [-0.05, 0) is 12.3 Å². The highest BCUT2D eigenvalue weighted by atomic mass is 16.4. The lowest BCUT2D eigenvalue weighted by Crippen LogP contribution is -2.44. The van der Waals surface area contributed by atoms with Crippen molar-refractivity contribution in [3.8, 4) is 11.3 Å². The molecule has 6 heteroatoms. The number of rotatable bonds is 9. The first-order chi connectivity index (χ1) is 12.0. The van der Waals surface area contributed by atoms with E-state index >= 15 is 0 Å². The van der Waals surface area contributed by atoms with Gasteiger partial charge in [0.05, 0.1) is 6.20 Å². The molecule has 0 spiro atoms. The third-order valence-corrected chi connectivity index (χ3v) is 4.20. The molecule has 0 aliphatic carbocycles. The van der Waals surface area contributed by atoms with Crippen LogP contribution in [0.4, 0.5) is 0 Å². The first-order valence-corrected chi connectivity index (χ1v) is 8.53. The Morgan fingerprint density at radius 3 is 2.64 bits per heavy atom. The third kappa shape index (κ3) is 5.45. The zero-order chi connectivity index (χ0) is 18.2. The second-order valence-electron chi connectivity index (χ2n) is 6.11. The molecule has 1 aromatic heterocycles. The van der Waals surface area contributed by atoms with Gasteiger partial charge in [0, 0.05) is 18.4 Å². The Bertz CT molecular complexity index is 696. The van der Waals surface area contributed by atoms with Crippen molar-refractivity contribution in [2.75, 3.05) is 0 Å². The maximum absolute atomic E-state index is 12.0. The van der Waals surface area contributed by atoms with Gasteiger partial charge in [0.1, 0.15) is 6.04 Å². The van der Waals surface area contributed by atoms with E-state index in [0.29, 0.717) is 30.9 Å². The molecule has 0 saturated heterocycles. The van der Waals surface area contributed by atoms with Gasteiger partial charge in [0.15, 0.2) is 11.7 Å². The number of hydrogen-bond donors (Lipinski definition) is 2. The predicted molar refractivity (Wildman–Crippen MR) is 93.9 cm³/mol. The maximum atomic E-state index is 12.0. The van der Waals surface area contributed by atoms with Crippen LogP contribution in [0.25, 0.3) is 11.3 Å². The van der Waals surface area contributed by atoms with E-state index in [9.17, 15) is 14.7 Å². The Labute approximate surface area is 147 Å². The Hall–Kier alpha value is -2.63. The number of nitrogens with one attached hydrogen (secondary N) is 1. The first kappa shape index (κ1) is 18.7. The molecule has 134 valence electrons. The van der Waals surface area contributed by atoms with Crippen molar-refractivity contribution in [3.63, 3.8) is 0 Å². The van der Waals surface area contributed by atoms with Crippen LogP contribution in [-0.2, 0) is 16.0 Å². The molecule has 1 heterocycles. The van der Waals surface area contributed by atoms with E-state index in [1.54, 1.807) is 6.20 Å². The molecule has 0 unspecified atom stereocenters. The number of aromatic nitrogens is 1. The molecular weight excluding hydrogens is 320 g/mol. The molecule has 0 fully saturated rings.